The summed E-state index contributed by atoms with van der Waals surface area (Å²) in [4.78, 5) is 25.0. The SMILES string of the molecule is CCn1cc(NC(=O)c2c(C)nn(-c3ccccc3)c2C)c(C(=O)NC)n1. The van der Waals surface area contributed by atoms with Gasteiger partial charge in [0, 0.05) is 19.8 Å². The van der Waals surface area contributed by atoms with Crippen molar-refractivity contribution in [3.63, 3.8) is 0 Å². The Kier molecular flexibility index (Phi) is 5.07. The Labute approximate surface area is 157 Å². The lowest BCUT2D eigenvalue weighted by molar-refractivity contribution is 0.0958. The first-order valence-electron chi connectivity index (χ1n) is 8.68. The zero-order valence-electron chi connectivity index (χ0n) is 15.8. The van der Waals surface area contributed by atoms with Crippen molar-refractivity contribution in [2.45, 2.75) is 27.3 Å². The number of amides is 2. The minimum absolute atomic E-state index is 0.179. The van der Waals surface area contributed by atoms with Crippen molar-refractivity contribution in [1.29, 1.82) is 0 Å². The minimum atomic E-state index is -0.356. The molecule has 0 saturated heterocycles. The third-order valence-electron chi connectivity index (χ3n) is 4.30. The summed E-state index contributed by atoms with van der Waals surface area (Å²) in [5.74, 6) is -0.682. The summed E-state index contributed by atoms with van der Waals surface area (Å²) in [6.07, 6.45) is 1.65. The Morgan fingerprint density at radius 1 is 1.07 bits per heavy atom. The highest BCUT2D eigenvalue weighted by atomic mass is 16.2. The number of aromatic nitrogens is 4. The zero-order chi connectivity index (χ0) is 19.6. The fraction of sp³-hybridized carbons (Fsp3) is 0.263. The van der Waals surface area contributed by atoms with Gasteiger partial charge in [0.25, 0.3) is 11.8 Å². The Hall–Kier alpha value is -3.42. The van der Waals surface area contributed by atoms with Gasteiger partial charge in [-0.3, -0.25) is 14.3 Å². The minimum Gasteiger partial charge on any atom is -0.354 e. The molecule has 0 radical (unpaired) electrons. The molecule has 3 aromatic rings. The van der Waals surface area contributed by atoms with Crippen LogP contribution < -0.4 is 10.6 Å². The van der Waals surface area contributed by atoms with Crippen LogP contribution in [0, 0.1) is 13.8 Å². The van der Waals surface area contributed by atoms with Crippen LogP contribution in [0.1, 0.15) is 39.2 Å². The standard InChI is InChI=1S/C19H22N6O2/c1-5-24-11-15(17(23-24)19(27)20-4)21-18(26)16-12(2)22-25(13(16)3)14-9-7-6-8-10-14/h6-11H,5H2,1-4H3,(H,20,27)(H,21,26). The second kappa shape index (κ2) is 7.45. The van der Waals surface area contributed by atoms with Gasteiger partial charge in [-0.1, -0.05) is 18.2 Å². The molecule has 0 saturated carbocycles. The van der Waals surface area contributed by atoms with E-state index in [-0.39, 0.29) is 17.5 Å². The van der Waals surface area contributed by atoms with Crippen molar-refractivity contribution in [3.05, 3.63) is 59.2 Å². The summed E-state index contributed by atoms with van der Waals surface area (Å²) in [5.41, 5.74) is 3.23. The van der Waals surface area contributed by atoms with Crippen molar-refractivity contribution in [3.8, 4) is 5.69 Å². The van der Waals surface area contributed by atoms with Gasteiger partial charge in [0.15, 0.2) is 5.69 Å². The highest BCUT2D eigenvalue weighted by Gasteiger charge is 2.23. The summed E-state index contributed by atoms with van der Waals surface area (Å²) in [6.45, 7) is 6.13. The van der Waals surface area contributed by atoms with Gasteiger partial charge in [-0.2, -0.15) is 10.2 Å². The van der Waals surface area contributed by atoms with E-state index in [1.165, 1.54) is 7.05 Å². The molecule has 8 heteroatoms. The van der Waals surface area contributed by atoms with E-state index >= 15 is 0 Å². The monoisotopic (exact) mass is 366 g/mol. The number of anilines is 1. The van der Waals surface area contributed by atoms with E-state index in [1.54, 1.807) is 22.5 Å². The second-order valence-electron chi connectivity index (χ2n) is 6.07. The molecule has 0 aliphatic heterocycles. The highest BCUT2D eigenvalue weighted by molar-refractivity contribution is 6.09. The molecule has 1 aromatic carbocycles. The molecule has 27 heavy (non-hydrogen) atoms. The maximum absolute atomic E-state index is 12.9. The Morgan fingerprint density at radius 2 is 1.78 bits per heavy atom. The average molecular weight is 366 g/mol. The van der Waals surface area contributed by atoms with Crippen molar-refractivity contribution in [1.82, 2.24) is 24.9 Å². The average Bonchev–Trinajstić information content (AvgIpc) is 3.22. The summed E-state index contributed by atoms with van der Waals surface area (Å²) in [6, 6.07) is 9.61. The molecule has 0 bridgehead atoms. The number of aryl methyl sites for hydroxylation is 2. The molecule has 8 nitrogen and oxygen atoms in total. The topological polar surface area (TPSA) is 93.8 Å². The van der Waals surface area contributed by atoms with Crippen molar-refractivity contribution >= 4 is 17.5 Å². The summed E-state index contributed by atoms with van der Waals surface area (Å²) in [5, 5.41) is 14.1. The molecular formula is C19H22N6O2. The van der Waals surface area contributed by atoms with E-state index in [2.05, 4.69) is 20.8 Å². The van der Waals surface area contributed by atoms with Gasteiger partial charge in [0.05, 0.1) is 28.3 Å². The molecule has 2 amide bonds. The van der Waals surface area contributed by atoms with Crippen LogP contribution in [0.3, 0.4) is 0 Å². The van der Waals surface area contributed by atoms with Crippen LogP contribution in [-0.4, -0.2) is 38.4 Å². The van der Waals surface area contributed by atoms with Crippen molar-refractivity contribution < 1.29 is 9.59 Å². The van der Waals surface area contributed by atoms with Crippen LogP contribution in [0.5, 0.6) is 0 Å². The predicted octanol–water partition coefficient (Wildman–Crippen LogP) is 2.32. The summed E-state index contributed by atoms with van der Waals surface area (Å²) < 4.78 is 3.34. The molecule has 0 unspecified atom stereocenters. The molecule has 0 spiro atoms. The van der Waals surface area contributed by atoms with E-state index < -0.39 is 0 Å². The highest BCUT2D eigenvalue weighted by Crippen LogP contribution is 2.21. The number of hydrogen-bond acceptors (Lipinski definition) is 4. The molecule has 2 N–H and O–H groups in total. The molecule has 0 aliphatic rings. The van der Waals surface area contributed by atoms with Gasteiger partial charge in [0.2, 0.25) is 0 Å². The molecule has 0 aliphatic carbocycles. The summed E-state index contributed by atoms with van der Waals surface area (Å²) >= 11 is 0. The van der Waals surface area contributed by atoms with Gasteiger partial charge in [-0.25, -0.2) is 4.68 Å². The molecular weight excluding hydrogens is 344 g/mol. The van der Waals surface area contributed by atoms with Gasteiger partial charge < -0.3 is 10.6 Å². The number of benzene rings is 1. The number of hydrogen-bond donors (Lipinski definition) is 2. The predicted molar refractivity (Wildman–Crippen MR) is 102 cm³/mol. The van der Waals surface area contributed by atoms with Crippen LogP contribution in [0.25, 0.3) is 5.69 Å². The fourth-order valence-electron chi connectivity index (χ4n) is 2.94. The number of nitrogens with one attached hydrogen (secondary N) is 2. The van der Waals surface area contributed by atoms with E-state index in [9.17, 15) is 9.59 Å². The first-order chi connectivity index (χ1) is 13.0. The number of para-hydroxylation sites is 1. The lowest BCUT2D eigenvalue weighted by Gasteiger charge is -2.06. The van der Waals surface area contributed by atoms with Crippen LogP contribution in [-0.2, 0) is 6.54 Å². The second-order valence-corrected chi connectivity index (χ2v) is 6.07. The Bertz CT molecular complexity index is 987. The van der Waals surface area contributed by atoms with Crippen molar-refractivity contribution in [2.75, 3.05) is 12.4 Å². The molecule has 140 valence electrons. The molecule has 0 fully saturated rings. The normalized spacial score (nSPS) is 10.7. The van der Waals surface area contributed by atoms with Crippen LogP contribution in [0.4, 0.5) is 5.69 Å². The van der Waals surface area contributed by atoms with E-state index in [0.29, 0.717) is 23.5 Å². The third-order valence-corrected chi connectivity index (χ3v) is 4.30. The molecule has 2 heterocycles. The Morgan fingerprint density at radius 3 is 2.41 bits per heavy atom. The number of nitrogens with zero attached hydrogens (tertiary/aromatic N) is 4. The van der Waals surface area contributed by atoms with Gasteiger partial charge in [-0.05, 0) is 32.9 Å². The maximum atomic E-state index is 12.9. The van der Waals surface area contributed by atoms with Crippen LogP contribution in [0.2, 0.25) is 0 Å². The van der Waals surface area contributed by atoms with E-state index in [4.69, 9.17) is 0 Å². The lowest BCUT2D eigenvalue weighted by Crippen LogP contribution is -2.22. The summed E-state index contributed by atoms with van der Waals surface area (Å²) in [7, 11) is 1.52. The molecule has 0 atom stereocenters. The largest absolute Gasteiger partial charge is 0.354 e. The first kappa shape index (κ1) is 18.4. The van der Waals surface area contributed by atoms with Crippen LogP contribution >= 0.6 is 0 Å². The number of carbonyl (C=O) groups is 2. The third kappa shape index (κ3) is 3.46. The Balaban J connectivity index is 1.95. The fourth-order valence-corrected chi connectivity index (χ4v) is 2.94. The number of carbonyl (C=O) groups excluding carboxylic acids is 2. The van der Waals surface area contributed by atoms with Crippen LogP contribution in [0.15, 0.2) is 36.5 Å². The smallest absolute Gasteiger partial charge is 0.273 e. The number of rotatable bonds is 5. The first-order valence-corrected chi connectivity index (χ1v) is 8.68. The molecule has 3 rings (SSSR count). The molecule has 2 aromatic heterocycles. The van der Waals surface area contributed by atoms with E-state index in [0.717, 1.165) is 11.4 Å². The van der Waals surface area contributed by atoms with Gasteiger partial charge in [0.1, 0.15) is 0 Å². The van der Waals surface area contributed by atoms with Crippen molar-refractivity contribution in [2.24, 2.45) is 0 Å². The van der Waals surface area contributed by atoms with Gasteiger partial charge in [-0.15, -0.1) is 0 Å². The maximum Gasteiger partial charge on any atom is 0.273 e. The van der Waals surface area contributed by atoms with Gasteiger partial charge >= 0.3 is 0 Å². The quantitative estimate of drug-likeness (QED) is 0.725. The van der Waals surface area contributed by atoms with E-state index in [1.807, 2.05) is 44.2 Å². The lowest BCUT2D eigenvalue weighted by atomic mass is 10.1. The zero-order valence-corrected chi connectivity index (χ0v) is 15.8.